The lowest BCUT2D eigenvalue weighted by Crippen LogP contribution is -2.19. The zero-order chi connectivity index (χ0) is 15.4. The first-order valence-corrected chi connectivity index (χ1v) is 6.96. The van der Waals surface area contributed by atoms with E-state index in [4.69, 9.17) is 0 Å². The molecule has 0 atom stereocenters. The molecule has 0 aliphatic carbocycles. The van der Waals surface area contributed by atoms with E-state index in [-0.39, 0.29) is 5.91 Å². The van der Waals surface area contributed by atoms with Gasteiger partial charge in [0.1, 0.15) is 0 Å². The van der Waals surface area contributed by atoms with E-state index in [0.717, 1.165) is 16.8 Å². The number of aryl methyl sites for hydroxylation is 3. The van der Waals surface area contributed by atoms with Gasteiger partial charge in [0, 0.05) is 5.56 Å². The maximum atomic E-state index is 12.1. The van der Waals surface area contributed by atoms with Crippen molar-refractivity contribution in [3.63, 3.8) is 0 Å². The Hall–Kier alpha value is -2.42. The maximum Gasteiger partial charge on any atom is 0.271 e. The van der Waals surface area contributed by atoms with Crippen molar-refractivity contribution in [3.8, 4) is 0 Å². The largest absolute Gasteiger partial charge is 0.271 e. The molecule has 0 aliphatic rings. The smallest absolute Gasteiger partial charge is 0.267 e. The van der Waals surface area contributed by atoms with Crippen LogP contribution in [0, 0.1) is 20.8 Å². The second-order valence-corrected chi connectivity index (χ2v) is 5.31. The summed E-state index contributed by atoms with van der Waals surface area (Å²) < 4.78 is 0. The second-order valence-electron chi connectivity index (χ2n) is 5.31. The van der Waals surface area contributed by atoms with Gasteiger partial charge in [0.25, 0.3) is 5.91 Å². The summed E-state index contributed by atoms with van der Waals surface area (Å²) in [5, 5.41) is 4.18. The normalized spacial score (nSPS) is 11.3. The average molecular weight is 280 g/mol. The third kappa shape index (κ3) is 3.78. The number of nitrogens with one attached hydrogen (secondary N) is 1. The zero-order valence-electron chi connectivity index (χ0n) is 12.9. The van der Waals surface area contributed by atoms with E-state index in [1.54, 1.807) is 0 Å². The van der Waals surface area contributed by atoms with Crippen LogP contribution >= 0.6 is 0 Å². The lowest BCUT2D eigenvalue weighted by atomic mass is 10.1. The van der Waals surface area contributed by atoms with Crippen LogP contribution in [-0.4, -0.2) is 11.6 Å². The number of rotatable bonds is 3. The van der Waals surface area contributed by atoms with E-state index in [2.05, 4.69) is 10.5 Å². The van der Waals surface area contributed by atoms with E-state index < -0.39 is 0 Å². The minimum atomic E-state index is -0.190. The molecule has 0 saturated carbocycles. The van der Waals surface area contributed by atoms with Gasteiger partial charge in [-0.3, -0.25) is 4.79 Å². The highest BCUT2D eigenvalue weighted by Crippen LogP contribution is 2.10. The molecule has 108 valence electrons. The number of hydrogen-bond donors (Lipinski definition) is 1. The highest BCUT2D eigenvalue weighted by molar-refractivity contribution is 6.01. The number of hydrazone groups is 1. The Balaban J connectivity index is 2.12. The number of nitrogens with zero attached hydrogens (tertiary/aromatic N) is 1. The van der Waals surface area contributed by atoms with Crippen LogP contribution < -0.4 is 5.43 Å². The lowest BCUT2D eigenvalue weighted by Gasteiger charge is -2.06. The van der Waals surface area contributed by atoms with Gasteiger partial charge in [0.2, 0.25) is 0 Å². The predicted octanol–water partition coefficient (Wildman–Crippen LogP) is 3.77. The van der Waals surface area contributed by atoms with Crippen LogP contribution in [0.15, 0.2) is 47.6 Å². The molecule has 3 nitrogen and oxygen atoms in total. The predicted molar refractivity (Wildman–Crippen MR) is 86.8 cm³/mol. The SMILES string of the molecule is CC(=NNC(=O)c1ccc(C)c(C)c1)c1cccc(C)c1. The van der Waals surface area contributed by atoms with Crippen molar-refractivity contribution in [2.45, 2.75) is 27.7 Å². The van der Waals surface area contributed by atoms with Crippen LogP contribution in [0.4, 0.5) is 0 Å². The van der Waals surface area contributed by atoms with Crippen molar-refractivity contribution in [2.75, 3.05) is 0 Å². The highest BCUT2D eigenvalue weighted by Gasteiger charge is 2.06. The van der Waals surface area contributed by atoms with E-state index in [0.29, 0.717) is 5.56 Å². The first kappa shape index (κ1) is 15.0. The Labute approximate surface area is 125 Å². The molecule has 3 heteroatoms. The number of amides is 1. The molecule has 0 aromatic heterocycles. The van der Waals surface area contributed by atoms with Gasteiger partial charge in [0.15, 0.2) is 0 Å². The molecule has 0 unspecified atom stereocenters. The Morgan fingerprint density at radius 1 is 0.952 bits per heavy atom. The van der Waals surface area contributed by atoms with Gasteiger partial charge in [-0.25, -0.2) is 5.43 Å². The van der Waals surface area contributed by atoms with Crippen molar-refractivity contribution < 1.29 is 4.79 Å². The quantitative estimate of drug-likeness (QED) is 0.675. The molecule has 0 fully saturated rings. The summed E-state index contributed by atoms with van der Waals surface area (Å²) in [6.45, 7) is 7.93. The average Bonchev–Trinajstić information content (AvgIpc) is 2.47. The van der Waals surface area contributed by atoms with Crippen molar-refractivity contribution in [3.05, 3.63) is 70.3 Å². The molecule has 0 bridgehead atoms. The molecule has 2 rings (SSSR count). The summed E-state index contributed by atoms with van der Waals surface area (Å²) in [5.74, 6) is -0.190. The van der Waals surface area contributed by atoms with E-state index in [1.807, 2.05) is 70.2 Å². The van der Waals surface area contributed by atoms with Crippen LogP contribution in [0.25, 0.3) is 0 Å². The molecule has 0 saturated heterocycles. The molecule has 0 spiro atoms. The number of benzene rings is 2. The molecule has 0 aliphatic heterocycles. The molecular formula is C18H20N2O. The molecular weight excluding hydrogens is 260 g/mol. The first-order chi connectivity index (χ1) is 9.97. The topological polar surface area (TPSA) is 41.5 Å². The van der Waals surface area contributed by atoms with Gasteiger partial charge in [-0.2, -0.15) is 5.10 Å². The molecule has 1 amide bonds. The lowest BCUT2D eigenvalue weighted by molar-refractivity contribution is 0.0954. The van der Waals surface area contributed by atoms with Gasteiger partial charge >= 0.3 is 0 Å². The fourth-order valence-electron chi connectivity index (χ4n) is 2.02. The Kier molecular flexibility index (Phi) is 4.53. The first-order valence-electron chi connectivity index (χ1n) is 6.96. The summed E-state index contributed by atoms with van der Waals surface area (Å²) in [4.78, 5) is 12.1. The fourth-order valence-corrected chi connectivity index (χ4v) is 2.02. The zero-order valence-corrected chi connectivity index (χ0v) is 12.9. The van der Waals surface area contributed by atoms with Crippen molar-refractivity contribution in [1.82, 2.24) is 5.43 Å². The Morgan fingerprint density at radius 2 is 1.71 bits per heavy atom. The van der Waals surface area contributed by atoms with Crippen molar-refractivity contribution >= 4 is 11.6 Å². The summed E-state index contributed by atoms with van der Waals surface area (Å²) >= 11 is 0. The highest BCUT2D eigenvalue weighted by atomic mass is 16.2. The molecule has 2 aromatic rings. The van der Waals surface area contributed by atoms with Gasteiger partial charge in [-0.15, -0.1) is 0 Å². The van der Waals surface area contributed by atoms with Gasteiger partial charge < -0.3 is 0 Å². The Morgan fingerprint density at radius 3 is 2.38 bits per heavy atom. The fraction of sp³-hybridized carbons (Fsp3) is 0.222. The van der Waals surface area contributed by atoms with Crippen LogP contribution in [-0.2, 0) is 0 Å². The van der Waals surface area contributed by atoms with E-state index in [9.17, 15) is 4.79 Å². The van der Waals surface area contributed by atoms with Gasteiger partial charge in [0.05, 0.1) is 5.71 Å². The van der Waals surface area contributed by atoms with E-state index >= 15 is 0 Å². The maximum absolute atomic E-state index is 12.1. The summed E-state index contributed by atoms with van der Waals surface area (Å²) in [6, 6.07) is 13.7. The third-order valence-electron chi connectivity index (χ3n) is 3.53. The summed E-state index contributed by atoms with van der Waals surface area (Å²) in [6.07, 6.45) is 0. The molecule has 0 heterocycles. The molecule has 2 aromatic carbocycles. The number of carbonyl (C=O) groups is 1. The standard InChI is InChI=1S/C18H20N2O/c1-12-6-5-7-16(10-12)15(4)19-20-18(21)17-9-8-13(2)14(3)11-17/h5-11H,1-4H3,(H,20,21). The van der Waals surface area contributed by atoms with Crippen LogP contribution in [0.2, 0.25) is 0 Å². The summed E-state index contributed by atoms with van der Waals surface area (Å²) in [5.41, 5.74) is 8.47. The number of carbonyl (C=O) groups excluding carboxylic acids is 1. The van der Waals surface area contributed by atoms with Crippen LogP contribution in [0.5, 0.6) is 0 Å². The van der Waals surface area contributed by atoms with Gasteiger partial charge in [-0.05, 0) is 56.5 Å². The molecule has 21 heavy (non-hydrogen) atoms. The Bertz CT molecular complexity index is 702. The monoisotopic (exact) mass is 280 g/mol. The minimum Gasteiger partial charge on any atom is -0.267 e. The minimum absolute atomic E-state index is 0.190. The summed E-state index contributed by atoms with van der Waals surface area (Å²) in [7, 11) is 0. The number of hydrogen-bond acceptors (Lipinski definition) is 2. The molecule has 1 N–H and O–H groups in total. The van der Waals surface area contributed by atoms with E-state index in [1.165, 1.54) is 11.1 Å². The third-order valence-corrected chi connectivity index (χ3v) is 3.53. The van der Waals surface area contributed by atoms with Crippen LogP contribution in [0.1, 0.15) is 39.5 Å². The van der Waals surface area contributed by atoms with Crippen molar-refractivity contribution in [1.29, 1.82) is 0 Å². The molecule has 0 radical (unpaired) electrons. The second kappa shape index (κ2) is 6.35. The van der Waals surface area contributed by atoms with Gasteiger partial charge in [-0.1, -0.05) is 35.9 Å². The van der Waals surface area contributed by atoms with Crippen molar-refractivity contribution in [2.24, 2.45) is 5.10 Å². The van der Waals surface area contributed by atoms with Crippen LogP contribution in [0.3, 0.4) is 0 Å².